The maximum Gasteiger partial charge on any atom is 0.243 e. The molecule has 3 heterocycles. The fourth-order valence-corrected chi connectivity index (χ4v) is 4.90. The predicted molar refractivity (Wildman–Crippen MR) is 108 cm³/mol. The van der Waals surface area contributed by atoms with Gasteiger partial charge in [0.05, 0.1) is 17.0 Å². The second-order valence-corrected chi connectivity index (χ2v) is 8.73. The highest BCUT2D eigenvalue weighted by atomic mass is 35.5. The maximum absolute atomic E-state index is 12.9. The van der Waals surface area contributed by atoms with Crippen LogP contribution < -0.4 is 9.64 Å². The molecule has 2 aromatic heterocycles. The average Bonchev–Trinajstić information content (AvgIpc) is 3.29. The number of hydrogen-bond donors (Lipinski definition) is 0. The quantitative estimate of drug-likeness (QED) is 0.604. The molecule has 1 fully saturated rings. The number of sulfonamides is 1. The summed E-state index contributed by atoms with van der Waals surface area (Å²) in [7, 11) is -2.15. The van der Waals surface area contributed by atoms with Gasteiger partial charge in [-0.2, -0.15) is 9.40 Å². The van der Waals surface area contributed by atoms with Crippen molar-refractivity contribution in [1.29, 1.82) is 0 Å². The third-order valence-electron chi connectivity index (χ3n) is 4.70. The molecule has 152 valence electrons. The summed E-state index contributed by atoms with van der Waals surface area (Å²) in [5.41, 5.74) is 0. The van der Waals surface area contributed by atoms with E-state index in [0.29, 0.717) is 43.6 Å². The van der Waals surface area contributed by atoms with Gasteiger partial charge in [-0.1, -0.05) is 11.6 Å². The topological polar surface area (TPSA) is 93.5 Å². The maximum atomic E-state index is 12.9. The molecule has 4 rings (SSSR count). The molecule has 0 atom stereocenters. The molecule has 9 nitrogen and oxygen atoms in total. The standard InChI is InChI=1S/C18H19ClN6O3S/c1-28-16-4-3-14(13-15(16)19)29(26,27)24-11-9-23(10-12-24)17-5-6-18(22-21-17)25-8-2-7-20-25/h2-8,13H,9-12H2,1H3. The van der Waals surface area contributed by atoms with Gasteiger partial charge in [-0.3, -0.25) is 0 Å². The lowest BCUT2D eigenvalue weighted by atomic mass is 10.3. The van der Waals surface area contributed by atoms with Crippen LogP contribution in [0.5, 0.6) is 5.75 Å². The first-order chi connectivity index (χ1) is 14.0. The van der Waals surface area contributed by atoms with Gasteiger partial charge in [0.1, 0.15) is 5.75 Å². The molecule has 1 saturated heterocycles. The van der Waals surface area contributed by atoms with Gasteiger partial charge in [0.2, 0.25) is 10.0 Å². The molecule has 0 N–H and O–H groups in total. The molecule has 0 spiro atoms. The van der Waals surface area contributed by atoms with Crippen LogP contribution in [-0.2, 0) is 10.0 Å². The van der Waals surface area contributed by atoms with Crippen molar-refractivity contribution in [2.75, 3.05) is 38.2 Å². The predicted octanol–water partition coefficient (Wildman–Crippen LogP) is 1.84. The summed E-state index contributed by atoms with van der Waals surface area (Å²) >= 11 is 6.09. The van der Waals surface area contributed by atoms with E-state index in [-0.39, 0.29) is 9.92 Å². The Bertz CT molecular complexity index is 1080. The van der Waals surface area contributed by atoms with Crippen LogP contribution in [0.4, 0.5) is 5.82 Å². The van der Waals surface area contributed by atoms with E-state index in [1.165, 1.54) is 23.5 Å². The van der Waals surface area contributed by atoms with Gasteiger partial charge in [0.15, 0.2) is 11.6 Å². The summed E-state index contributed by atoms with van der Waals surface area (Å²) in [5.74, 6) is 1.76. The van der Waals surface area contributed by atoms with E-state index in [1.54, 1.807) is 23.1 Å². The van der Waals surface area contributed by atoms with E-state index >= 15 is 0 Å². The minimum absolute atomic E-state index is 0.153. The number of aromatic nitrogens is 4. The summed E-state index contributed by atoms with van der Waals surface area (Å²) < 4.78 is 34.0. The van der Waals surface area contributed by atoms with Gasteiger partial charge in [-0.05, 0) is 36.4 Å². The lowest BCUT2D eigenvalue weighted by Gasteiger charge is -2.34. The minimum Gasteiger partial charge on any atom is -0.495 e. The number of anilines is 1. The first-order valence-corrected chi connectivity index (χ1v) is 10.7. The van der Waals surface area contributed by atoms with Crippen molar-refractivity contribution >= 4 is 27.4 Å². The van der Waals surface area contributed by atoms with Gasteiger partial charge < -0.3 is 9.64 Å². The summed E-state index contributed by atoms with van der Waals surface area (Å²) in [6, 6.07) is 9.98. The highest BCUT2D eigenvalue weighted by Gasteiger charge is 2.29. The highest BCUT2D eigenvalue weighted by Crippen LogP contribution is 2.29. The van der Waals surface area contributed by atoms with E-state index in [9.17, 15) is 8.42 Å². The van der Waals surface area contributed by atoms with E-state index in [0.717, 1.165) is 0 Å². The second-order valence-electron chi connectivity index (χ2n) is 6.39. The Morgan fingerprint density at radius 1 is 1.03 bits per heavy atom. The monoisotopic (exact) mass is 434 g/mol. The first kappa shape index (κ1) is 19.6. The Morgan fingerprint density at radius 2 is 1.76 bits per heavy atom. The van der Waals surface area contributed by atoms with Crippen LogP contribution in [0.15, 0.2) is 53.7 Å². The molecule has 0 unspecified atom stereocenters. The van der Waals surface area contributed by atoms with Crippen LogP contribution in [0.25, 0.3) is 5.82 Å². The van der Waals surface area contributed by atoms with Crippen molar-refractivity contribution in [2.45, 2.75) is 4.90 Å². The molecule has 1 aliphatic heterocycles. The Morgan fingerprint density at radius 3 is 2.34 bits per heavy atom. The zero-order valence-corrected chi connectivity index (χ0v) is 17.2. The smallest absolute Gasteiger partial charge is 0.243 e. The van der Waals surface area contributed by atoms with Crippen LogP contribution in [0.3, 0.4) is 0 Å². The van der Waals surface area contributed by atoms with Crippen molar-refractivity contribution in [3.05, 3.63) is 53.8 Å². The van der Waals surface area contributed by atoms with Gasteiger partial charge in [-0.15, -0.1) is 10.2 Å². The van der Waals surface area contributed by atoms with E-state index in [2.05, 4.69) is 15.3 Å². The fraction of sp³-hybridized carbons (Fsp3) is 0.278. The number of hydrogen-bond acceptors (Lipinski definition) is 7. The van der Waals surface area contributed by atoms with E-state index in [1.807, 2.05) is 23.1 Å². The van der Waals surface area contributed by atoms with Crippen molar-refractivity contribution in [1.82, 2.24) is 24.3 Å². The number of nitrogens with zero attached hydrogens (tertiary/aromatic N) is 6. The van der Waals surface area contributed by atoms with Crippen LogP contribution in [-0.4, -0.2) is 66.0 Å². The number of methoxy groups -OCH3 is 1. The summed E-state index contributed by atoms with van der Waals surface area (Å²) in [6.45, 7) is 1.71. The van der Waals surface area contributed by atoms with Crippen LogP contribution in [0.2, 0.25) is 5.02 Å². The van der Waals surface area contributed by atoms with Crippen molar-refractivity contribution in [3.63, 3.8) is 0 Å². The summed E-state index contributed by atoms with van der Waals surface area (Å²) in [5, 5.41) is 12.8. The Hall–Kier alpha value is -2.69. The SMILES string of the molecule is COc1ccc(S(=O)(=O)N2CCN(c3ccc(-n4cccn4)nn3)CC2)cc1Cl. The zero-order valence-electron chi connectivity index (χ0n) is 15.6. The molecule has 29 heavy (non-hydrogen) atoms. The van der Waals surface area contributed by atoms with Crippen LogP contribution in [0, 0.1) is 0 Å². The number of benzene rings is 1. The van der Waals surface area contributed by atoms with Gasteiger partial charge >= 0.3 is 0 Å². The van der Waals surface area contributed by atoms with E-state index in [4.69, 9.17) is 16.3 Å². The minimum atomic E-state index is -3.63. The average molecular weight is 435 g/mol. The fourth-order valence-electron chi connectivity index (χ4n) is 3.13. The van der Waals surface area contributed by atoms with Gasteiger partial charge in [0, 0.05) is 38.6 Å². The molecule has 0 saturated carbocycles. The number of ether oxygens (including phenoxy) is 1. The summed E-state index contributed by atoms with van der Waals surface area (Å²) in [6.07, 6.45) is 3.46. The lowest BCUT2D eigenvalue weighted by Crippen LogP contribution is -2.49. The molecular weight excluding hydrogens is 416 g/mol. The highest BCUT2D eigenvalue weighted by molar-refractivity contribution is 7.89. The van der Waals surface area contributed by atoms with Crippen LogP contribution >= 0.6 is 11.6 Å². The number of piperazine rings is 1. The largest absolute Gasteiger partial charge is 0.495 e. The van der Waals surface area contributed by atoms with Crippen molar-refractivity contribution in [2.24, 2.45) is 0 Å². The molecule has 1 aliphatic rings. The molecule has 1 aromatic carbocycles. The number of rotatable bonds is 5. The second kappa shape index (κ2) is 7.97. The zero-order chi connectivity index (χ0) is 20.4. The third-order valence-corrected chi connectivity index (χ3v) is 6.89. The molecule has 0 aliphatic carbocycles. The molecule has 0 radical (unpaired) electrons. The molecule has 11 heteroatoms. The van der Waals surface area contributed by atoms with Gasteiger partial charge in [-0.25, -0.2) is 13.1 Å². The first-order valence-electron chi connectivity index (χ1n) is 8.91. The lowest BCUT2D eigenvalue weighted by molar-refractivity contribution is 0.383. The molecule has 0 bridgehead atoms. The Balaban J connectivity index is 1.44. The Labute approximate surface area is 173 Å². The van der Waals surface area contributed by atoms with Crippen LogP contribution in [0.1, 0.15) is 0 Å². The van der Waals surface area contributed by atoms with Crippen molar-refractivity contribution < 1.29 is 13.2 Å². The van der Waals surface area contributed by atoms with Gasteiger partial charge in [0.25, 0.3) is 0 Å². The summed E-state index contributed by atoms with van der Waals surface area (Å²) in [4.78, 5) is 2.16. The molecule has 3 aromatic rings. The molecular formula is C18H19ClN6O3S. The van der Waals surface area contributed by atoms with Crippen molar-refractivity contribution in [3.8, 4) is 11.6 Å². The third kappa shape index (κ3) is 3.91. The Kier molecular flexibility index (Phi) is 5.39. The molecule has 0 amide bonds. The normalized spacial score (nSPS) is 15.4. The van der Waals surface area contributed by atoms with E-state index < -0.39 is 10.0 Å². The number of halogens is 1.